The maximum atomic E-state index is 13.3. The quantitative estimate of drug-likeness (QED) is 0.559. The standard InChI is InChI=1S/C23H31FN2O3S/c1-4-6-7-19(5-2)16-25-23(27)17-26(21-12-8-18(3)9-13-21)30(28,29)22-14-10-20(24)11-15-22/h8-15,19H,4-7,16-17H2,1-3H3,(H,25,27)/t19-/m0/s1. The maximum absolute atomic E-state index is 13.3. The van der Waals surface area contributed by atoms with Gasteiger partial charge in [-0.05, 0) is 55.7 Å². The van der Waals surface area contributed by atoms with Crippen LogP contribution in [0.1, 0.15) is 45.1 Å². The van der Waals surface area contributed by atoms with Crippen molar-refractivity contribution >= 4 is 21.6 Å². The van der Waals surface area contributed by atoms with Crippen LogP contribution in [-0.4, -0.2) is 27.4 Å². The van der Waals surface area contributed by atoms with Crippen LogP contribution < -0.4 is 9.62 Å². The molecule has 0 aliphatic rings. The third-order valence-electron chi connectivity index (χ3n) is 5.14. The summed E-state index contributed by atoms with van der Waals surface area (Å²) in [6.07, 6.45) is 4.18. The van der Waals surface area contributed by atoms with Gasteiger partial charge in [-0.2, -0.15) is 0 Å². The number of hydrogen-bond acceptors (Lipinski definition) is 3. The van der Waals surface area contributed by atoms with Gasteiger partial charge in [0.2, 0.25) is 5.91 Å². The van der Waals surface area contributed by atoms with Crippen LogP contribution in [0.5, 0.6) is 0 Å². The van der Waals surface area contributed by atoms with Crippen molar-refractivity contribution in [2.45, 2.75) is 51.3 Å². The van der Waals surface area contributed by atoms with E-state index in [-0.39, 0.29) is 17.3 Å². The molecule has 0 radical (unpaired) electrons. The van der Waals surface area contributed by atoms with Crippen LogP contribution in [0.15, 0.2) is 53.4 Å². The van der Waals surface area contributed by atoms with Gasteiger partial charge < -0.3 is 5.32 Å². The zero-order valence-corrected chi connectivity index (χ0v) is 18.7. The van der Waals surface area contributed by atoms with Crippen molar-refractivity contribution in [3.8, 4) is 0 Å². The number of sulfonamides is 1. The van der Waals surface area contributed by atoms with Gasteiger partial charge in [-0.3, -0.25) is 9.10 Å². The summed E-state index contributed by atoms with van der Waals surface area (Å²) in [6, 6.07) is 11.5. The normalized spacial score (nSPS) is 12.4. The van der Waals surface area contributed by atoms with Crippen LogP contribution in [0.4, 0.5) is 10.1 Å². The molecular formula is C23H31FN2O3S. The fourth-order valence-electron chi connectivity index (χ4n) is 3.15. The summed E-state index contributed by atoms with van der Waals surface area (Å²) in [5.41, 5.74) is 1.36. The minimum absolute atomic E-state index is 0.0633. The Morgan fingerprint density at radius 1 is 1.07 bits per heavy atom. The number of carbonyl (C=O) groups excluding carboxylic acids is 1. The largest absolute Gasteiger partial charge is 0.354 e. The lowest BCUT2D eigenvalue weighted by Crippen LogP contribution is -2.42. The van der Waals surface area contributed by atoms with Crippen molar-refractivity contribution in [1.82, 2.24) is 5.32 Å². The van der Waals surface area contributed by atoms with E-state index in [2.05, 4.69) is 19.2 Å². The molecule has 164 valence electrons. The highest BCUT2D eigenvalue weighted by atomic mass is 32.2. The molecule has 5 nitrogen and oxygen atoms in total. The molecule has 30 heavy (non-hydrogen) atoms. The Hall–Kier alpha value is -2.41. The second-order valence-electron chi connectivity index (χ2n) is 7.52. The summed E-state index contributed by atoms with van der Waals surface area (Å²) in [6.45, 7) is 6.30. The lowest BCUT2D eigenvalue weighted by molar-refractivity contribution is -0.119. The van der Waals surface area contributed by atoms with Crippen molar-refractivity contribution < 1.29 is 17.6 Å². The van der Waals surface area contributed by atoms with Crippen molar-refractivity contribution in [2.24, 2.45) is 5.92 Å². The van der Waals surface area contributed by atoms with E-state index >= 15 is 0 Å². The Balaban J connectivity index is 2.23. The first kappa shape index (κ1) is 23.9. The minimum atomic E-state index is -4.03. The topological polar surface area (TPSA) is 66.5 Å². The molecule has 0 heterocycles. The predicted octanol–water partition coefficient (Wildman–Crippen LogP) is 4.66. The number of hydrogen-bond donors (Lipinski definition) is 1. The van der Waals surface area contributed by atoms with Crippen LogP contribution in [0.25, 0.3) is 0 Å². The number of halogens is 1. The van der Waals surface area contributed by atoms with Crippen molar-refractivity contribution in [3.05, 3.63) is 59.9 Å². The summed E-state index contributed by atoms with van der Waals surface area (Å²) >= 11 is 0. The van der Waals surface area contributed by atoms with Crippen LogP contribution >= 0.6 is 0 Å². The SMILES string of the molecule is CCCC[C@H](CC)CNC(=O)CN(c1ccc(C)cc1)S(=O)(=O)c1ccc(F)cc1. The van der Waals surface area contributed by atoms with Crippen molar-refractivity contribution in [2.75, 3.05) is 17.4 Å². The monoisotopic (exact) mass is 434 g/mol. The molecule has 1 N–H and O–H groups in total. The molecular weight excluding hydrogens is 403 g/mol. The van der Waals surface area contributed by atoms with Crippen LogP contribution in [0.2, 0.25) is 0 Å². The molecule has 0 spiro atoms. The summed E-state index contributed by atoms with van der Waals surface area (Å²) < 4.78 is 40.8. The van der Waals surface area contributed by atoms with Crippen LogP contribution in [0, 0.1) is 18.7 Å². The lowest BCUT2D eigenvalue weighted by atomic mass is 9.99. The zero-order valence-electron chi connectivity index (χ0n) is 17.9. The number of unbranched alkanes of at least 4 members (excludes halogenated alkanes) is 1. The smallest absolute Gasteiger partial charge is 0.264 e. The van der Waals surface area contributed by atoms with E-state index in [1.807, 2.05) is 6.92 Å². The first-order chi connectivity index (χ1) is 14.3. The molecule has 0 bridgehead atoms. The molecule has 0 saturated carbocycles. The third kappa shape index (κ3) is 6.55. The van der Waals surface area contributed by atoms with Gasteiger partial charge in [0.1, 0.15) is 12.4 Å². The minimum Gasteiger partial charge on any atom is -0.354 e. The molecule has 1 atom stereocenters. The Kier molecular flexibility index (Phi) is 8.84. The van der Waals surface area contributed by atoms with Gasteiger partial charge in [0.05, 0.1) is 10.6 Å². The first-order valence-electron chi connectivity index (χ1n) is 10.4. The molecule has 0 saturated heterocycles. The summed E-state index contributed by atoms with van der Waals surface area (Å²) in [5, 5.41) is 2.88. The Morgan fingerprint density at radius 2 is 1.70 bits per heavy atom. The second-order valence-corrected chi connectivity index (χ2v) is 9.38. The highest BCUT2D eigenvalue weighted by molar-refractivity contribution is 7.92. The number of carbonyl (C=O) groups is 1. The van der Waals surface area contributed by atoms with E-state index in [1.54, 1.807) is 24.3 Å². The van der Waals surface area contributed by atoms with E-state index in [1.165, 1.54) is 12.1 Å². The molecule has 0 aliphatic carbocycles. The molecule has 0 fully saturated rings. The van der Waals surface area contributed by atoms with E-state index in [0.717, 1.165) is 47.7 Å². The molecule has 2 aromatic rings. The van der Waals surface area contributed by atoms with Gasteiger partial charge in [-0.25, -0.2) is 12.8 Å². The summed E-state index contributed by atoms with van der Waals surface area (Å²) in [7, 11) is -4.03. The predicted molar refractivity (Wildman–Crippen MR) is 118 cm³/mol. The number of benzene rings is 2. The van der Waals surface area contributed by atoms with Crippen molar-refractivity contribution in [1.29, 1.82) is 0 Å². The fraction of sp³-hybridized carbons (Fsp3) is 0.435. The Bertz CT molecular complexity index is 912. The Morgan fingerprint density at radius 3 is 2.27 bits per heavy atom. The molecule has 0 aromatic heterocycles. The highest BCUT2D eigenvalue weighted by Gasteiger charge is 2.27. The third-order valence-corrected chi connectivity index (χ3v) is 6.93. The van der Waals surface area contributed by atoms with Crippen LogP contribution in [0.3, 0.4) is 0 Å². The van der Waals surface area contributed by atoms with E-state index in [0.29, 0.717) is 18.2 Å². The second kappa shape index (κ2) is 11.1. The zero-order chi connectivity index (χ0) is 22.1. The highest BCUT2D eigenvalue weighted by Crippen LogP contribution is 2.24. The molecule has 2 rings (SSSR count). The van der Waals surface area contributed by atoms with Gasteiger partial charge in [0.15, 0.2) is 0 Å². The first-order valence-corrected chi connectivity index (χ1v) is 11.8. The number of rotatable bonds is 11. The van der Waals surface area contributed by atoms with Gasteiger partial charge in [-0.1, -0.05) is 50.8 Å². The number of amides is 1. The summed E-state index contributed by atoms with van der Waals surface area (Å²) in [4.78, 5) is 12.6. The average Bonchev–Trinajstić information content (AvgIpc) is 2.73. The Labute approximate surface area is 179 Å². The number of nitrogens with zero attached hydrogens (tertiary/aromatic N) is 1. The van der Waals surface area contributed by atoms with Gasteiger partial charge in [-0.15, -0.1) is 0 Å². The number of nitrogens with one attached hydrogen (secondary N) is 1. The summed E-state index contributed by atoms with van der Waals surface area (Å²) in [5.74, 6) is -0.516. The number of aryl methyl sites for hydroxylation is 1. The maximum Gasteiger partial charge on any atom is 0.264 e. The molecule has 0 aliphatic heterocycles. The lowest BCUT2D eigenvalue weighted by Gasteiger charge is -2.25. The van der Waals surface area contributed by atoms with Gasteiger partial charge in [0.25, 0.3) is 10.0 Å². The molecule has 1 amide bonds. The number of anilines is 1. The van der Waals surface area contributed by atoms with E-state index in [9.17, 15) is 17.6 Å². The molecule has 7 heteroatoms. The van der Waals surface area contributed by atoms with Gasteiger partial charge in [0, 0.05) is 6.54 Å². The van der Waals surface area contributed by atoms with Gasteiger partial charge >= 0.3 is 0 Å². The molecule has 2 aromatic carbocycles. The van der Waals surface area contributed by atoms with E-state index < -0.39 is 15.8 Å². The fourth-order valence-corrected chi connectivity index (χ4v) is 4.57. The van der Waals surface area contributed by atoms with E-state index in [4.69, 9.17) is 0 Å². The van der Waals surface area contributed by atoms with Crippen LogP contribution in [-0.2, 0) is 14.8 Å². The van der Waals surface area contributed by atoms with Crippen molar-refractivity contribution in [3.63, 3.8) is 0 Å². The molecule has 0 unspecified atom stereocenters. The average molecular weight is 435 g/mol.